The maximum atomic E-state index is 13.2. The van der Waals surface area contributed by atoms with Crippen molar-refractivity contribution in [3.63, 3.8) is 0 Å². The highest BCUT2D eigenvalue weighted by atomic mass is 79.9. The van der Waals surface area contributed by atoms with Crippen LogP contribution in [0.5, 0.6) is 11.5 Å². The smallest absolute Gasteiger partial charge is 0.234 e. The molecule has 8 rings (SSSR count). The number of ether oxygens (including phenoxy) is 2. The van der Waals surface area contributed by atoms with Gasteiger partial charge < -0.3 is 19.9 Å². The van der Waals surface area contributed by atoms with Crippen molar-refractivity contribution in [2.24, 2.45) is 17.8 Å². The van der Waals surface area contributed by atoms with Crippen molar-refractivity contribution in [3.05, 3.63) is 35.4 Å². The van der Waals surface area contributed by atoms with Crippen molar-refractivity contribution in [1.29, 1.82) is 0 Å². The number of nitrogens with zero attached hydrogens (tertiary/aromatic N) is 1. The van der Waals surface area contributed by atoms with Gasteiger partial charge in [0.1, 0.15) is 6.10 Å². The molecule has 7 aliphatic rings. The molecule has 4 bridgehead atoms. The fourth-order valence-corrected chi connectivity index (χ4v) is 10.0. The summed E-state index contributed by atoms with van der Waals surface area (Å²) in [6.07, 6.45) is 16.0. The van der Waals surface area contributed by atoms with Crippen molar-refractivity contribution in [1.82, 2.24) is 10.2 Å². The Labute approximate surface area is 241 Å². The molecule has 0 radical (unpaired) electrons. The van der Waals surface area contributed by atoms with Gasteiger partial charge in [-0.15, -0.1) is 0 Å². The van der Waals surface area contributed by atoms with Gasteiger partial charge in [-0.3, -0.25) is 9.69 Å². The van der Waals surface area contributed by atoms with E-state index in [4.69, 9.17) is 9.47 Å². The van der Waals surface area contributed by atoms with E-state index in [-0.39, 0.29) is 27.8 Å². The molecule has 212 valence electrons. The molecule has 2 N–H and O–H groups in total. The third-order valence-electron chi connectivity index (χ3n) is 10.9. The Morgan fingerprint density at radius 2 is 1.92 bits per heavy atom. The summed E-state index contributed by atoms with van der Waals surface area (Å²) in [5.41, 5.74) is 2.47. The molecular formula is C32H43BrN2O4. The Balaban J connectivity index is 0.953. The van der Waals surface area contributed by atoms with E-state index in [2.05, 4.69) is 38.3 Å². The number of methoxy groups -OCH3 is 1. The van der Waals surface area contributed by atoms with E-state index in [9.17, 15) is 9.90 Å². The van der Waals surface area contributed by atoms with Crippen LogP contribution in [0.4, 0.5) is 0 Å². The summed E-state index contributed by atoms with van der Waals surface area (Å²) in [6.45, 7) is 2.90. The fraction of sp³-hybridized carbons (Fsp3) is 0.719. The maximum Gasteiger partial charge on any atom is 0.234 e. The quantitative estimate of drug-likeness (QED) is 0.243. The Morgan fingerprint density at radius 1 is 1.18 bits per heavy atom. The Hall–Kier alpha value is -1.57. The number of alkyl halides is 1. The molecule has 7 heteroatoms. The highest BCUT2D eigenvalue weighted by molar-refractivity contribution is 9.10. The SMILES string of the molecule is COc1ccc2c3c1O[C@H]1C[C@@H](O)C=C[C@@]31CCN(CCCCC(Br)C(=O)NC13CC4CC(CC(C4)C1)C3)C2. The first-order valence-electron chi connectivity index (χ1n) is 15.3. The highest BCUT2D eigenvalue weighted by Gasteiger charge is 2.53. The predicted octanol–water partition coefficient (Wildman–Crippen LogP) is 5.24. The van der Waals surface area contributed by atoms with Crippen LogP contribution < -0.4 is 14.8 Å². The first kappa shape index (κ1) is 26.3. The summed E-state index contributed by atoms with van der Waals surface area (Å²) in [4.78, 5) is 15.6. The van der Waals surface area contributed by atoms with E-state index < -0.39 is 6.10 Å². The number of hydrogen-bond donors (Lipinski definition) is 2. The van der Waals surface area contributed by atoms with E-state index in [0.717, 1.165) is 74.6 Å². The number of aliphatic hydroxyl groups excluding tert-OH is 1. The molecule has 1 spiro atoms. The zero-order chi connectivity index (χ0) is 26.8. The second kappa shape index (κ2) is 10.1. The molecule has 1 amide bonds. The molecule has 0 saturated heterocycles. The zero-order valence-corrected chi connectivity index (χ0v) is 24.8. The zero-order valence-electron chi connectivity index (χ0n) is 23.2. The van der Waals surface area contributed by atoms with Crippen molar-refractivity contribution >= 4 is 21.8 Å². The number of carbonyl (C=O) groups excluding carboxylic acids is 1. The first-order valence-corrected chi connectivity index (χ1v) is 16.2. The summed E-state index contributed by atoms with van der Waals surface area (Å²) >= 11 is 3.74. The van der Waals surface area contributed by atoms with E-state index in [1.165, 1.54) is 49.7 Å². The van der Waals surface area contributed by atoms with Gasteiger partial charge in [-0.2, -0.15) is 0 Å². The minimum atomic E-state index is -0.457. The second-order valence-corrected chi connectivity index (χ2v) is 14.7. The number of halogens is 1. The average molecular weight is 600 g/mol. The van der Waals surface area contributed by atoms with Crippen LogP contribution in [0.2, 0.25) is 0 Å². The monoisotopic (exact) mass is 598 g/mol. The molecule has 4 atom stereocenters. The van der Waals surface area contributed by atoms with Crippen molar-refractivity contribution in [3.8, 4) is 11.5 Å². The van der Waals surface area contributed by atoms with Gasteiger partial charge in [0.2, 0.25) is 5.91 Å². The molecule has 0 aromatic heterocycles. The van der Waals surface area contributed by atoms with Crippen molar-refractivity contribution in [2.45, 2.75) is 105 Å². The number of carbonyl (C=O) groups is 1. The van der Waals surface area contributed by atoms with Crippen LogP contribution in [0.1, 0.15) is 81.8 Å². The molecule has 1 unspecified atom stereocenters. The lowest BCUT2D eigenvalue weighted by molar-refractivity contribution is -0.126. The Kier molecular flexibility index (Phi) is 6.79. The van der Waals surface area contributed by atoms with E-state index in [1.807, 2.05) is 12.1 Å². The van der Waals surface area contributed by atoms with Gasteiger partial charge in [0.05, 0.1) is 23.5 Å². The molecule has 1 aromatic rings. The third-order valence-corrected chi connectivity index (χ3v) is 11.8. The third kappa shape index (κ3) is 4.64. The van der Waals surface area contributed by atoms with Gasteiger partial charge in [0.15, 0.2) is 11.5 Å². The molecule has 4 saturated carbocycles. The lowest BCUT2D eigenvalue weighted by Crippen LogP contribution is -2.60. The van der Waals surface area contributed by atoms with E-state index in [0.29, 0.717) is 6.42 Å². The van der Waals surface area contributed by atoms with Gasteiger partial charge in [0, 0.05) is 24.1 Å². The van der Waals surface area contributed by atoms with Crippen LogP contribution in [0.3, 0.4) is 0 Å². The number of rotatable bonds is 8. The average Bonchev–Trinajstić information content (AvgIpc) is 3.13. The molecule has 2 heterocycles. The van der Waals surface area contributed by atoms with E-state index in [1.54, 1.807) is 7.11 Å². The van der Waals surface area contributed by atoms with Gasteiger partial charge in [0.25, 0.3) is 0 Å². The molecule has 4 fully saturated rings. The Bertz CT molecular complexity index is 1120. The molecule has 39 heavy (non-hydrogen) atoms. The Morgan fingerprint density at radius 3 is 2.64 bits per heavy atom. The van der Waals surface area contributed by atoms with Crippen LogP contribution in [-0.4, -0.2) is 58.7 Å². The number of benzene rings is 1. The van der Waals surface area contributed by atoms with Gasteiger partial charge in [-0.25, -0.2) is 0 Å². The van der Waals surface area contributed by atoms with Crippen molar-refractivity contribution in [2.75, 3.05) is 20.2 Å². The van der Waals surface area contributed by atoms with Crippen molar-refractivity contribution < 1.29 is 19.4 Å². The lowest BCUT2D eigenvalue weighted by atomic mass is 9.53. The van der Waals surface area contributed by atoms with Crippen LogP contribution in [0.15, 0.2) is 24.3 Å². The van der Waals surface area contributed by atoms with Gasteiger partial charge >= 0.3 is 0 Å². The van der Waals surface area contributed by atoms with Crippen LogP contribution >= 0.6 is 15.9 Å². The molecule has 6 nitrogen and oxygen atoms in total. The normalized spacial score (nSPS) is 38.5. The minimum Gasteiger partial charge on any atom is -0.493 e. The topological polar surface area (TPSA) is 71.0 Å². The van der Waals surface area contributed by atoms with Crippen LogP contribution in [-0.2, 0) is 16.8 Å². The number of hydrogen-bond acceptors (Lipinski definition) is 5. The largest absolute Gasteiger partial charge is 0.493 e. The number of aliphatic hydroxyl groups is 1. The standard InChI is InChI=1S/C32H43BrN2O4/c1-38-26-6-5-23-19-35(11-9-32-8-7-24(36)15-27(32)39-29(26)28(23)32)10-3-2-4-25(33)30(37)34-31-16-20-12-21(17-31)14-22(13-20)18-31/h5-8,20-22,24-25,27,36H,2-4,9-19H2,1H3,(H,34,37)/t20?,21?,22?,24-,25?,27-,31?,32-/m0/s1. The summed E-state index contributed by atoms with van der Waals surface area (Å²) in [6, 6.07) is 4.23. The first-order chi connectivity index (χ1) is 18.9. The lowest BCUT2D eigenvalue weighted by Gasteiger charge is -2.57. The summed E-state index contributed by atoms with van der Waals surface area (Å²) in [5, 5.41) is 13.9. The van der Waals surface area contributed by atoms with Gasteiger partial charge in [-0.1, -0.05) is 40.6 Å². The number of unbranched alkanes of at least 4 members (excludes halogenated alkanes) is 1. The van der Waals surface area contributed by atoms with Crippen LogP contribution in [0.25, 0.3) is 0 Å². The van der Waals surface area contributed by atoms with Gasteiger partial charge in [-0.05, 0) is 100 Å². The molecule has 2 aliphatic heterocycles. The molecular weight excluding hydrogens is 556 g/mol. The minimum absolute atomic E-state index is 0.0517. The molecule has 5 aliphatic carbocycles. The maximum absolute atomic E-state index is 13.2. The fourth-order valence-electron chi connectivity index (χ4n) is 9.58. The number of nitrogens with one attached hydrogen (secondary N) is 1. The highest BCUT2D eigenvalue weighted by Crippen LogP contribution is 2.57. The second-order valence-electron chi connectivity index (χ2n) is 13.6. The molecule has 1 aromatic carbocycles. The summed E-state index contributed by atoms with van der Waals surface area (Å²) in [7, 11) is 1.70. The van der Waals surface area contributed by atoms with Crippen LogP contribution in [0, 0.1) is 17.8 Å². The number of amides is 1. The summed E-state index contributed by atoms with van der Waals surface area (Å²) in [5.74, 6) is 4.40. The summed E-state index contributed by atoms with van der Waals surface area (Å²) < 4.78 is 12.1. The van der Waals surface area contributed by atoms with E-state index >= 15 is 0 Å². The predicted molar refractivity (Wildman–Crippen MR) is 154 cm³/mol.